The summed E-state index contributed by atoms with van der Waals surface area (Å²) in [7, 11) is 2.05. The molecule has 2 heteroatoms. The summed E-state index contributed by atoms with van der Waals surface area (Å²) in [5.74, 6) is 0. The minimum absolute atomic E-state index is 0.366. The van der Waals surface area contributed by atoms with Gasteiger partial charge in [-0.15, -0.1) is 0 Å². The molecule has 0 saturated carbocycles. The summed E-state index contributed by atoms with van der Waals surface area (Å²) in [6.07, 6.45) is 1.04. The summed E-state index contributed by atoms with van der Waals surface area (Å²) in [6, 6.07) is 13.7. The summed E-state index contributed by atoms with van der Waals surface area (Å²) < 4.78 is 1.29. The molecule has 0 amide bonds. The first-order valence-corrected chi connectivity index (χ1v) is 8.08. The van der Waals surface area contributed by atoms with Gasteiger partial charge in [-0.05, 0) is 91.2 Å². The third-order valence-corrected chi connectivity index (χ3v) is 4.52. The summed E-state index contributed by atoms with van der Waals surface area (Å²) in [5, 5.41) is 3.46. The van der Waals surface area contributed by atoms with Crippen LogP contribution in [0.5, 0.6) is 0 Å². The van der Waals surface area contributed by atoms with Gasteiger partial charge >= 0.3 is 0 Å². The maximum absolute atomic E-state index is 3.46. The quantitative estimate of drug-likeness (QED) is 0.758. The van der Waals surface area contributed by atoms with Crippen molar-refractivity contribution in [3.05, 3.63) is 67.8 Å². The standard InChI is InChI=1S/C18H22IN/c1-12-8-13(2)17(14(3)9-12)11-18(20-4)15-6-5-7-16(19)10-15/h5-10,18,20H,11H2,1-4H3. The molecule has 2 aromatic rings. The van der Waals surface area contributed by atoms with E-state index in [1.165, 1.54) is 31.4 Å². The second kappa shape index (κ2) is 6.72. The Morgan fingerprint density at radius 1 is 1.05 bits per heavy atom. The Morgan fingerprint density at radius 3 is 2.25 bits per heavy atom. The molecule has 0 aromatic heterocycles. The zero-order valence-electron chi connectivity index (χ0n) is 12.6. The normalized spacial score (nSPS) is 12.4. The van der Waals surface area contributed by atoms with Crippen molar-refractivity contribution >= 4 is 22.6 Å². The minimum atomic E-state index is 0.366. The lowest BCUT2D eigenvalue weighted by Gasteiger charge is -2.20. The largest absolute Gasteiger partial charge is 0.313 e. The first-order chi connectivity index (χ1) is 9.51. The summed E-state index contributed by atoms with van der Waals surface area (Å²) in [4.78, 5) is 0. The number of halogens is 1. The third-order valence-electron chi connectivity index (χ3n) is 3.85. The van der Waals surface area contributed by atoms with E-state index in [1.807, 2.05) is 7.05 Å². The van der Waals surface area contributed by atoms with Crippen LogP contribution >= 0.6 is 22.6 Å². The van der Waals surface area contributed by atoms with Gasteiger partial charge in [0.2, 0.25) is 0 Å². The van der Waals surface area contributed by atoms with Crippen molar-refractivity contribution in [2.45, 2.75) is 33.2 Å². The molecule has 106 valence electrons. The van der Waals surface area contributed by atoms with E-state index in [0.29, 0.717) is 6.04 Å². The zero-order valence-corrected chi connectivity index (χ0v) is 14.8. The number of hydrogen-bond donors (Lipinski definition) is 1. The highest BCUT2D eigenvalue weighted by molar-refractivity contribution is 14.1. The van der Waals surface area contributed by atoms with E-state index >= 15 is 0 Å². The molecule has 0 bridgehead atoms. The van der Waals surface area contributed by atoms with Gasteiger partial charge in [-0.25, -0.2) is 0 Å². The predicted octanol–water partition coefficient (Wildman–Crippen LogP) is 4.72. The molecule has 0 radical (unpaired) electrons. The second-order valence-electron chi connectivity index (χ2n) is 5.48. The molecule has 2 aromatic carbocycles. The molecule has 0 aliphatic heterocycles. The minimum Gasteiger partial charge on any atom is -0.313 e. The molecule has 1 nitrogen and oxygen atoms in total. The molecule has 0 saturated heterocycles. The van der Waals surface area contributed by atoms with E-state index in [0.717, 1.165) is 6.42 Å². The lowest BCUT2D eigenvalue weighted by molar-refractivity contribution is 0.589. The molecule has 20 heavy (non-hydrogen) atoms. The van der Waals surface area contributed by atoms with Gasteiger partial charge in [-0.3, -0.25) is 0 Å². The molecular formula is C18H22IN. The van der Waals surface area contributed by atoms with Crippen LogP contribution in [0.3, 0.4) is 0 Å². The number of aryl methyl sites for hydroxylation is 3. The highest BCUT2D eigenvalue weighted by Gasteiger charge is 2.13. The highest BCUT2D eigenvalue weighted by atomic mass is 127. The van der Waals surface area contributed by atoms with Gasteiger partial charge in [-0.2, -0.15) is 0 Å². The molecule has 0 fully saturated rings. The monoisotopic (exact) mass is 379 g/mol. The van der Waals surface area contributed by atoms with Crippen LogP contribution in [0.1, 0.15) is 33.9 Å². The Hall–Kier alpha value is -0.870. The van der Waals surface area contributed by atoms with Crippen LogP contribution < -0.4 is 5.32 Å². The fourth-order valence-corrected chi connectivity index (χ4v) is 3.41. The first kappa shape index (κ1) is 15.5. The fraction of sp³-hybridized carbons (Fsp3) is 0.333. The average molecular weight is 379 g/mol. The molecule has 0 aliphatic carbocycles. The van der Waals surface area contributed by atoms with Gasteiger partial charge in [-0.1, -0.05) is 29.8 Å². The first-order valence-electron chi connectivity index (χ1n) is 7.00. The van der Waals surface area contributed by atoms with Gasteiger partial charge in [0.25, 0.3) is 0 Å². The summed E-state index contributed by atoms with van der Waals surface area (Å²) >= 11 is 2.38. The summed E-state index contributed by atoms with van der Waals surface area (Å²) in [6.45, 7) is 6.60. The van der Waals surface area contributed by atoms with Crippen molar-refractivity contribution in [1.29, 1.82) is 0 Å². The van der Waals surface area contributed by atoms with E-state index in [1.54, 1.807) is 0 Å². The van der Waals surface area contributed by atoms with Gasteiger partial charge in [0, 0.05) is 9.61 Å². The van der Waals surface area contributed by atoms with Crippen molar-refractivity contribution in [2.75, 3.05) is 7.05 Å². The number of nitrogens with one attached hydrogen (secondary N) is 1. The predicted molar refractivity (Wildman–Crippen MR) is 95.3 cm³/mol. The Labute approximate surface area is 135 Å². The fourth-order valence-electron chi connectivity index (χ4n) is 2.85. The zero-order chi connectivity index (χ0) is 14.7. The molecule has 1 N–H and O–H groups in total. The number of benzene rings is 2. The molecule has 1 unspecified atom stereocenters. The topological polar surface area (TPSA) is 12.0 Å². The van der Waals surface area contributed by atoms with Crippen molar-refractivity contribution in [2.24, 2.45) is 0 Å². The van der Waals surface area contributed by atoms with Crippen molar-refractivity contribution in [1.82, 2.24) is 5.32 Å². The van der Waals surface area contributed by atoms with E-state index < -0.39 is 0 Å². The number of likely N-dealkylation sites (N-methyl/N-ethyl adjacent to an activating group) is 1. The van der Waals surface area contributed by atoms with E-state index in [9.17, 15) is 0 Å². The molecular weight excluding hydrogens is 357 g/mol. The Bertz CT molecular complexity index is 581. The Kier molecular flexibility index (Phi) is 5.22. The van der Waals surface area contributed by atoms with Crippen LogP contribution in [0.2, 0.25) is 0 Å². The van der Waals surface area contributed by atoms with Crippen LogP contribution in [0.4, 0.5) is 0 Å². The average Bonchev–Trinajstić information content (AvgIpc) is 2.38. The van der Waals surface area contributed by atoms with Crippen LogP contribution in [0.15, 0.2) is 36.4 Å². The lowest BCUT2D eigenvalue weighted by atomic mass is 9.92. The smallest absolute Gasteiger partial charge is 0.0358 e. The van der Waals surface area contributed by atoms with Crippen LogP contribution in [0.25, 0.3) is 0 Å². The lowest BCUT2D eigenvalue weighted by Crippen LogP contribution is -2.20. The molecule has 2 rings (SSSR count). The van der Waals surface area contributed by atoms with Gasteiger partial charge in [0.05, 0.1) is 0 Å². The maximum atomic E-state index is 3.46. The molecule has 1 atom stereocenters. The van der Waals surface area contributed by atoms with Crippen LogP contribution in [0, 0.1) is 24.3 Å². The van der Waals surface area contributed by atoms with Gasteiger partial charge < -0.3 is 5.32 Å². The number of hydrogen-bond acceptors (Lipinski definition) is 1. The molecule has 0 aliphatic rings. The number of rotatable bonds is 4. The summed E-state index contributed by atoms with van der Waals surface area (Å²) in [5.41, 5.74) is 6.97. The van der Waals surface area contributed by atoms with Crippen molar-refractivity contribution in [3.63, 3.8) is 0 Å². The van der Waals surface area contributed by atoms with E-state index in [4.69, 9.17) is 0 Å². The van der Waals surface area contributed by atoms with Crippen molar-refractivity contribution < 1.29 is 0 Å². The highest BCUT2D eigenvalue weighted by Crippen LogP contribution is 2.24. The van der Waals surface area contributed by atoms with Crippen LogP contribution in [-0.4, -0.2) is 7.05 Å². The van der Waals surface area contributed by atoms with Crippen molar-refractivity contribution in [3.8, 4) is 0 Å². The Balaban J connectivity index is 2.32. The van der Waals surface area contributed by atoms with Gasteiger partial charge in [0.15, 0.2) is 0 Å². The SMILES string of the molecule is CNC(Cc1c(C)cc(C)cc1C)c1cccc(I)c1. The van der Waals surface area contributed by atoms with E-state index in [2.05, 4.69) is 85.1 Å². The second-order valence-corrected chi connectivity index (χ2v) is 6.72. The molecule has 0 heterocycles. The van der Waals surface area contributed by atoms with E-state index in [-0.39, 0.29) is 0 Å². The maximum Gasteiger partial charge on any atom is 0.0358 e. The Morgan fingerprint density at radius 2 is 1.70 bits per heavy atom. The van der Waals surface area contributed by atoms with Crippen LogP contribution in [-0.2, 0) is 6.42 Å². The third kappa shape index (κ3) is 3.61. The van der Waals surface area contributed by atoms with Gasteiger partial charge in [0.1, 0.15) is 0 Å². The molecule has 0 spiro atoms.